The predicted molar refractivity (Wildman–Crippen MR) is 119 cm³/mol. The molecule has 0 bridgehead atoms. The Morgan fingerprint density at radius 1 is 0.966 bits per heavy atom. The zero-order valence-corrected chi connectivity index (χ0v) is 16.9. The van der Waals surface area contributed by atoms with Crippen LogP contribution in [0.2, 0.25) is 0 Å². The van der Waals surface area contributed by atoms with Crippen molar-refractivity contribution in [3.8, 4) is 0 Å². The summed E-state index contributed by atoms with van der Waals surface area (Å²) in [5.41, 5.74) is 4.76. The molecule has 1 saturated carbocycles. The number of fused-ring (bicyclic) bond motifs is 1. The molecule has 1 aliphatic heterocycles. The van der Waals surface area contributed by atoms with Crippen LogP contribution >= 0.6 is 0 Å². The van der Waals surface area contributed by atoms with Crippen molar-refractivity contribution in [2.45, 2.75) is 38.1 Å². The van der Waals surface area contributed by atoms with Crippen LogP contribution < -0.4 is 15.1 Å². The zero-order chi connectivity index (χ0) is 19.6. The van der Waals surface area contributed by atoms with Crippen LogP contribution in [0.1, 0.15) is 36.8 Å². The van der Waals surface area contributed by atoms with Gasteiger partial charge in [0.05, 0.1) is 18.6 Å². The summed E-state index contributed by atoms with van der Waals surface area (Å²) in [4.78, 5) is 14.1. The highest BCUT2D eigenvalue weighted by atomic mass is 15.4. The van der Waals surface area contributed by atoms with Crippen LogP contribution in [0.25, 0.3) is 0 Å². The second-order valence-corrected chi connectivity index (χ2v) is 8.13. The lowest BCUT2D eigenvalue weighted by Crippen LogP contribution is -2.36. The van der Waals surface area contributed by atoms with Gasteiger partial charge in [-0.25, -0.2) is 4.98 Å². The van der Waals surface area contributed by atoms with Crippen LogP contribution in [0, 0.1) is 0 Å². The molecule has 2 heterocycles. The maximum Gasteiger partial charge on any atom is 0.229 e. The number of nitrogens with zero attached hydrogens (tertiary/aromatic N) is 4. The molecule has 3 aromatic rings. The van der Waals surface area contributed by atoms with Gasteiger partial charge in [0.1, 0.15) is 0 Å². The van der Waals surface area contributed by atoms with Crippen molar-refractivity contribution >= 4 is 23.1 Å². The molecule has 1 aromatic heterocycles. The molecule has 0 radical (unpaired) electrons. The average molecular weight is 386 g/mol. The first-order chi connectivity index (χ1) is 14.3. The second-order valence-electron chi connectivity index (χ2n) is 8.13. The van der Waals surface area contributed by atoms with Gasteiger partial charge in [0.2, 0.25) is 5.95 Å². The monoisotopic (exact) mass is 385 g/mol. The minimum absolute atomic E-state index is 0.610. The highest BCUT2D eigenvalue weighted by molar-refractivity contribution is 5.73. The van der Waals surface area contributed by atoms with Crippen LogP contribution in [0.5, 0.6) is 0 Å². The van der Waals surface area contributed by atoms with E-state index in [1.165, 1.54) is 36.8 Å². The van der Waals surface area contributed by atoms with E-state index in [9.17, 15) is 0 Å². The lowest BCUT2D eigenvalue weighted by Gasteiger charge is -2.25. The van der Waals surface area contributed by atoms with Crippen LogP contribution in [0.3, 0.4) is 0 Å². The van der Waals surface area contributed by atoms with Crippen LogP contribution in [0.4, 0.5) is 23.1 Å². The summed E-state index contributed by atoms with van der Waals surface area (Å²) in [6, 6.07) is 19.7. The molecule has 0 amide bonds. The van der Waals surface area contributed by atoms with E-state index in [4.69, 9.17) is 4.98 Å². The summed E-state index contributed by atoms with van der Waals surface area (Å²) in [6.45, 7) is 0.909. The molecule has 5 heteroatoms. The Labute approximate surface area is 172 Å². The van der Waals surface area contributed by atoms with E-state index in [-0.39, 0.29) is 0 Å². The SMILES string of the molecule is CN1CN(C2CCCC2)c2nc(Nc3ccc(Cc4ccccc4)cc3)ncc21. The minimum atomic E-state index is 0.610. The molecule has 148 valence electrons. The van der Waals surface area contributed by atoms with E-state index >= 15 is 0 Å². The van der Waals surface area contributed by atoms with Gasteiger partial charge in [0.15, 0.2) is 5.82 Å². The van der Waals surface area contributed by atoms with Gasteiger partial charge in [-0.05, 0) is 42.5 Å². The predicted octanol–water partition coefficient (Wildman–Crippen LogP) is 4.97. The van der Waals surface area contributed by atoms with Crippen molar-refractivity contribution in [1.82, 2.24) is 9.97 Å². The molecular weight excluding hydrogens is 358 g/mol. The smallest absolute Gasteiger partial charge is 0.229 e. The van der Waals surface area contributed by atoms with E-state index in [1.54, 1.807) is 0 Å². The molecule has 1 fully saturated rings. The molecule has 29 heavy (non-hydrogen) atoms. The molecule has 2 aromatic carbocycles. The summed E-state index contributed by atoms with van der Waals surface area (Å²) >= 11 is 0. The third kappa shape index (κ3) is 3.77. The Kier molecular flexibility index (Phi) is 4.80. The van der Waals surface area contributed by atoms with Gasteiger partial charge in [0.25, 0.3) is 0 Å². The summed E-state index contributed by atoms with van der Waals surface area (Å²) < 4.78 is 0. The van der Waals surface area contributed by atoms with Gasteiger partial charge < -0.3 is 15.1 Å². The topological polar surface area (TPSA) is 44.3 Å². The fourth-order valence-corrected chi connectivity index (χ4v) is 4.45. The normalized spacial score (nSPS) is 16.3. The fourth-order valence-electron chi connectivity index (χ4n) is 4.45. The Morgan fingerprint density at radius 2 is 1.69 bits per heavy atom. The molecular formula is C24H27N5. The van der Waals surface area contributed by atoms with Crippen molar-refractivity contribution in [3.63, 3.8) is 0 Å². The summed E-state index contributed by atoms with van der Waals surface area (Å²) in [6.07, 6.45) is 8.08. The van der Waals surface area contributed by atoms with Crippen LogP contribution in [0.15, 0.2) is 60.8 Å². The molecule has 0 unspecified atom stereocenters. The van der Waals surface area contributed by atoms with Gasteiger partial charge >= 0.3 is 0 Å². The molecule has 5 nitrogen and oxygen atoms in total. The molecule has 1 N–H and O–H groups in total. The molecule has 2 aliphatic rings. The van der Waals surface area contributed by atoms with Crippen molar-refractivity contribution in [2.24, 2.45) is 0 Å². The van der Waals surface area contributed by atoms with Gasteiger partial charge in [-0.3, -0.25) is 0 Å². The second kappa shape index (κ2) is 7.74. The molecule has 0 spiro atoms. The minimum Gasteiger partial charge on any atom is -0.353 e. The highest BCUT2D eigenvalue weighted by Gasteiger charge is 2.32. The molecule has 5 rings (SSSR count). The van der Waals surface area contributed by atoms with Crippen LogP contribution in [-0.4, -0.2) is 29.7 Å². The maximum absolute atomic E-state index is 4.88. The first kappa shape index (κ1) is 18.0. The van der Waals surface area contributed by atoms with E-state index < -0.39 is 0 Å². The van der Waals surface area contributed by atoms with Crippen molar-refractivity contribution < 1.29 is 0 Å². The number of benzene rings is 2. The van der Waals surface area contributed by atoms with Gasteiger partial charge in [-0.2, -0.15) is 4.98 Å². The van der Waals surface area contributed by atoms with E-state index in [0.717, 1.165) is 30.3 Å². The number of hydrogen-bond acceptors (Lipinski definition) is 5. The Bertz CT molecular complexity index is 964. The van der Waals surface area contributed by atoms with Gasteiger partial charge in [-0.15, -0.1) is 0 Å². The lowest BCUT2D eigenvalue weighted by atomic mass is 10.0. The fraction of sp³-hybridized carbons (Fsp3) is 0.333. The van der Waals surface area contributed by atoms with E-state index in [0.29, 0.717) is 12.0 Å². The number of aromatic nitrogens is 2. The van der Waals surface area contributed by atoms with Crippen molar-refractivity contribution in [2.75, 3.05) is 28.8 Å². The first-order valence-corrected chi connectivity index (χ1v) is 10.5. The van der Waals surface area contributed by atoms with Gasteiger partial charge in [0, 0.05) is 18.8 Å². The third-order valence-corrected chi connectivity index (χ3v) is 6.02. The molecule has 0 saturated heterocycles. The Balaban J connectivity index is 1.31. The molecule has 0 atom stereocenters. The maximum atomic E-state index is 4.88. The van der Waals surface area contributed by atoms with E-state index in [2.05, 4.69) is 81.7 Å². The average Bonchev–Trinajstić information content (AvgIpc) is 3.38. The highest BCUT2D eigenvalue weighted by Crippen LogP contribution is 2.38. The van der Waals surface area contributed by atoms with E-state index in [1.807, 2.05) is 6.20 Å². The largest absolute Gasteiger partial charge is 0.353 e. The Morgan fingerprint density at radius 3 is 2.45 bits per heavy atom. The number of nitrogens with one attached hydrogen (secondary N) is 1. The summed E-state index contributed by atoms with van der Waals surface area (Å²) in [5.74, 6) is 1.73. The quantitative estimate of drug-likeness (QED) is 0.672. The zero-order valence-electron chi connectivity index (χ0n) is 16.9. The van der Waals surface area contributed by atoms with Crippen molar-refractivity contribution in [1.29, 1.82) is 0 Å². The third-order valence-electron chi connectivity index (χ3n) is 6.02. The Hall–Kier alpha value is -3.08. The first-order valence-electron chi connectivity index (χ1n) is 10.5. The number of rotatable bonds is 5. The number of anilines is 4. The van der Waals surface area contributed by atoms with Crippen molar-refractivity contribution in [3.05, 3.63) is 71.9 Å². The molecule has 1 aliphatic carbocycles. The lowest BCUT2D eigenvalue weighted by molar-refractivity contribution is 0.616. The summed E-state index contributed by atoms with van der Waals surface area (Å²) in [5, 5.41) is 3.38. The van der Waals surface area contributed by atoms with Gasteiger partial charge in [-0.1, -0.05) is 55.3 Å². The number of hydrogen-bond donors (Lipinski definition) is 1. The standard InChI is InChI=1S/C24H27N5/c1-28-17-29(21-9-5-6-10-21)23-22(28)16-25-24(27-23)26-20-13-11-19(12-14-20)15-18-7-3-2-4-8-18/h2-4,7-8,11-14,16,21H,5-6,9-10,15,17H2,1H3,(H,25,26,27). The summed E-state index contributed by atoms with van der Waals surface area (Å²) in [7, 11) is 2.12. The van der Waals surface area contributed by atoms with Crippen LogP contribution in [-0.2, 0) is 6.42 Å².